The zero-order valence-electron chi connectivity index (χ0n) is 9.79. The molecule has 0 aliphatic carbocycles. The van der Waals surface area contributed by atoms with Gasteiger partial charge in [0.15, 0.2) is 0 Å². The largest absolute Gasteiger partial charge is 0.385 e. The number of methoxy groups -OCH3 is 1. The highest BCUT2D eigenvalue weighted by Crippen LogP contribution is 1.91. The minimum absolute atomic E-state index is 0.0218. The molecule has 0 aromatic rings. The first-order valence-electron chi connectivity index (χ1n) is 5.25. The summed E-state index contributed by atoms with van der Waals surface area (Å²) in [5, 5.41) is 2.73. The smallest absolute Gasteiger partial charge is 0.237 e. The normalized spacial score (nSPS) is 14.7. The van der Waals surface area contributed by atoms with Crippen molar-refractivity contribution >= 4 is 5.91 Å². The molecule has 90 valence electrons. The Balaban J connectivity index is 3.63. The first-order valence-corrected chi connectivity index (χ1v) is 5.25. The Morgan fingerprint density at radius 2 is 2.20 bits per heavy atom. The van der Waals surface area contributed by atoms with Gasteiger partial charge in [0.2, 0.25) is 5.91 Å². The van der Waals surface area contributed by atoms with E-state index in [2.05, 4.69) is 5.32 Å². The number of hydrogen-bond acceptors (Lipinski definition) is 4. The third-order valence-corrected chi connectivity index (χ3v) is 1.98. The van der Waals surface area contributed by atoms with Crippen molar-refractivity contribution < 1.29 is 14.3 Å². The molecular formula is C10H22N2O3. The Bertz CT molecular complexity index is 176. The highest BCUT2D eigenvalue weighted by atomic mass is 16.5. The van der Waals surface area contributed by atoms with E-state index in [4.69, 9.17) is 15.2 Å². The third-order valence-electron chi connectivity index (χ3n) is 1.98. The van der Waals surface area contributed by atoms with E-state index in [0.717, 1.165) is 0 Å². The Morgan fingerprint density at radius 1 is 1.53 bits per heavy atom. The van der Waals surface area contributed by atoms with Crippen LogP contribution in [-0.2, 0) is 14.3 Å². The second-order valence-electron chi connectivity index (χ2n) is 3.40. The number of carbonyl (C=O) groups is 1. The molecule has 0 aliphatic heterocycles. The first kappa shape index (κ1) is 14.3. The van der Waals surface area contributed by atoms with E-state index < -0.39 is 6.04 Å². The summed E-state index contributed by atoms with van der Waals surface area (Å²) in [6, 6.07) is -0.501. The molecule has 2 unspecified atom stereocenters. The number of rotatable bonds is 8. The van der Waals surface area contributed by atoms with Gasteiger partial charge in [0, 0.05) is 26.9 Å². The molecule has 15 heavy (non-hydrogen) atoms. The van der Waals surface area contributed by atoms with Crippen molar-refractivity contribution in [1.29, 1.82) is 0 Å². The molecule has 0 aromatic carbocycles. The molecule has 1 amide bonds. The van der Waals surface area contributed by atoms with E-state index in [1.165, 1.54) is 0 Å². The summed E-state index contributed by atoms with van der Waals surface area (Å²) in [5.74, 6) is -0.154. The Labute approximate surface area is 91.3 Å². The predicted molar refractivity (Wildman–Crippen MR) is 58.6 cm³/mol. The van der Waals surface area contributed by atoms with Gasteiger partial charge >= 0.3 is 0 Å². The molecule has 0 bridgehead atoms. The molecule has 5 heteroatoms. The van der Waals surface area contributed by atoms with Gasteiger partial charge in [-0.3, -0.25) is 4.79 Å². The van der Waals surface area contributed by atoms with E-state index in [0.29, 0.717) is 26.2 Å². The van der Waals surface area contributed by atoms with E-state index in [-0.39, 0.29) is 12.0 Å². The van der Waals surface area contributed by atoms with Crippen LogP contribution in [0.1, 0.15) is 20.3 Å². The van der Waals surface area contributed by atoms with Crippen molar-refractivity contribution in [3.63, 3.8) is 0 Å². The lowest BCUT2D eigenvalue weighted by atomic mass is 10.2. The third kappa shape index (κ3) is 7.30. The van der Waals surface area contributed by atoms with Crippen LogP contribution in [0.3, 0.4) is 0 Å². The number of nitrogens with one attached hydrogen (secondary N) is 1. The van der Waals surface area contributed by atoms with Crippen molar-refractivity contribution in [3.8, 4) is 0 Å². The Morgan fingerprint density at radius 3 is 2.73 bits per heavy atom. The summed E-state index contributed by atoms with van der Waals surface area (Å²) in [5.41, 5.74) is 5.63. The quantitative estimate of drug-likeness (QED) is 0.596. The van der Waals surface area contributed by atoms with Crippen molar-refractivity contribution in [3.05, 3.63) is 0 Å². The molecule has 0 saturated heterocycles. The van der Waals surface area contributed by atoms with Gasteiger partial charge in [0.1, 0.15) is 0 Å². The lowest BCUT2D eigenvalue weighted by Gasteiger charge is -2.15. The van der Waals surface area contributed by atoms with Crippen LogP contribution in [0.25, 0.3) is 0 Å². The van der Waals surface area contributed by atoms with E-state index in [1.807, 2.05) is 13.8 Å². The van der Waals surface area contributed by atoms with E-state index >= 15 is 0 Å². The summed E-state index contributed by atoms with van der Waals surface area (Å²) in [6.45, 7) is 5.46. The van der Waals surface area contributed by atoms with Gasteiger partial charge in [0.25, 0.3) is 0 Å². The summed E-state index contributed by atoms with van der Waals surface area (Å²) in [4.78, 5) is 11.4. The maximum absolute atomic E-state index is 11.4. The van der Waals surface area contributed by atoms with Gasteiger partial charge in [0.05, 0.1) is 12.1 Å². The molecule has 5 nitrogen and oxygen atoms in total. The number of carbonyl (C=O) groups excluding carboxylic acids is 1. The molecule has 3 N–H and O–H groups in total. The molecule has 0 rings (SSSR count). The lowest BCUT2D eigenvalue weighted by Crippen LogP contribution is -2.43. The maximum atomic E-state index is 11.4. The SMILES string of the molecule is CCOC(C)CNC(=O)C(N)CCOC. The second kappa shape index (κ2) is 8.64. The molecule has 0 heterocycles. The van der Waals surface area contributed by atoms with Gasteiger partial charge in [-0.25, -0.2) is 0 Å². The fourth-order valence-corrected chi connectivity index (χ4v) is 1.09. The monoisotopic (exact) mass is 218 g/mol. The molecule has 0 spiro atoms. The molecule has 0 saturated carbocycles. The van der Waals surface area contributed by atoms with Crippen molar-refractivity contribution in [2.45, 2.75) is 32.4 Å². The Hall–Kier alpha value is -0.650. The van der Waals surface area contributed by atoms with Crippen LogP contribution in [0, 0.1) is 0 Å². The average molecular weight is 218 g/mol. The van der Waals surface area contributed by atoms with Crippen LogP contribution >= 0.6 is 0 Å². The van der Waals surface area contributed by atoms with Gasteiger partial charge in [-0.2, -0.15) is 0 Å². The topological polar surface area (TPSA) is 73.6 Å². The molecule has 0 aromatic heterocycles. The van der Waals surface area contributed by atoms with Gasteiger partial charge < -0.3 is 20.5 Å². The first-order chi connectivity index (χ1) is 7.11. The van der Waals surface area contributed by atoms with Crippen molar-refractivity contribution in [2.75, 3.05) is 26.9 Å². The highest BCUT2D eigenvalue weighted by Gasteiger charge is 2.13. The summed E-state index contributed by atoms with van der Waals surface area (Å²) in [6.07, 6.45) is 0.555. The molecule has 0 radical (unpaired) electrons. The van der Waals surface area contributed by atoms with Gasteiger partial charge in [-0.05, 0) is 20.3 Å². The fourth-order valence-electron chi connectivity index (χ4n) is 1.09. The number of nitrogens with two attached hydrogens (primary N) is 1. The summed E-state index contributed by atoms with van der Waals surface area (Å²) < 4.78 is 10.1. The van der Waals surface area contributed by atoms with Gasteiger partial charge in [-0.15, -0.1) is 0 Å². The van der Waals surface area contributed by atoms with E-state index in [1.54, 1.807) is 7.11 Å². The fraction of sp³-hybridized carbons (Fsp3) is 0.900. The minimum atomic E-state index is -0.501. The predicted octanol–water partition coefficient (Wildman–Crippen LogP) is -0.109. The minimum Gasteiger partial charge on any atom is -0.385 e. The van der Waals surface area contributed by atoms with Crippen molar-refractivity contribution in [2.24, 2.45) is 5.73 Å². The molecular weight excluding hydrogens is 196 g/mol. The molecule has 2 atom stereocenters. The maximum Gasteiger partial charge on any atom is 0.237 e. The van der Waals surface area contributed by atoms with E-state index in [9.17, 15) is 4.79 Å². The van der Waals surface area contributed by atoms with Crippen molar-refractivity contribution in [1.82, 2.24) is 5.32 Å². The zero-order chi connectivity index (χ0) is 11.7. The second-order valence-corrected chi connectivity index (χ2v) is 3.40. The number of ether oxygens (including phenoxy) is 2. The van der Waals surface area contributed by atoms with Crippen LogP contribution in [0.15, 0.2) is 0 Å². The van der Waals surface area contributed by atoms with Crippen LogP contribution in [0.2, 0.25) is 0 Å². The molecule has 0 fully saturated rings. The summed E-state index contributed by atoms with van der Waals surface area (Å²) >= 11 is 0. The number of hydrogen-bond donors (Lipinski definition) is 2. The number of amides is 1. The zero-order valence-corrected chi connectivity index (χ0v) is 9.79. The summed E-state index contributed by atoms with van der Waals surface area (Å²) in [7, 11) is 1.59. The molecule has 0 aliphatic rings. The van der Waals surface area contributed by atoms with Crippen LogP contribution in [0.5, 0.6) is 0 Å². The van der Waals surface area contributed by atoms with Gasteiger partial charge in [-0.1, -0.05) is 0 Å². The van der Waals surface area contributed by atoms with Crippen LogP contribution in [-0.4, -0.2) is 44.9 Å². The lowest BCUT2D eigenvalue weighted by molar-refractivity contribution is -0.123. The van der Waals surface area contributed by atoms with Crippen LogP contribution in [0.4, 0.5) is 0 Å². The van der Waals surface area contributed by atoms with Crippen LogP contribution < -0.4 is 11.1 Å². The average Bonchev–Trinajstić information content (AvgIpc) is 2.22. The highest BCUT2D eigenvalue weighted by molar-refractivity contribution is 5.81. The Kier molecular flexibility index (Phi) is 8.27. The standard InChI is InChI=1S/C10H22N2O3/c1-4-15-8(2)7-12-10(13)9(11)5-6-14-3/h8-9H,4-7,11H2,1-3H3,(H,12,13).